The highest BCUT2D eigenvalue weighted by atomic mass is 16.6. The molecule has 0 bridgehead atoms. The molecule has 0 radical (unpaired) electrons. The summed E-state index contributed by atoms with van der Waals surface area (Å²) in [6.45, 7) is 4.61. The first-order valence-electron chi connectivity index (χ1n) is 8.68. The molecule has 6 nitrogen and oxygen atoms in total. The molecule has 0 saturated carbocycles. The maximum Gasteiger partial charge on any atom is 0.276 e. The van der Waals surface area contributed by atoms with Gasteiger partial charge in [-0.05, 0) is 18.2 Å². The van der Waals surface area contributed by atoms with Crippen LogP contribution in [-0.2, 0) is 0 Å². The zero-order valence-corrected chi connectivity index (χ0v) is 14.9. The van der Waals surface area contributed by atoms with Gasteiger partial charge in [0.25, 0.3) is 5.69 Å². The Kier molecular flexibility index (Phi) is 5.86. The summed E-state index contributed by atoms with van der Waals surface area (Å²) < 4.78 is 5.29. The van der Waals surface area contributed by atoms with E-state index in [2.05, 4.69) is 21.9 Å². The van der Waals surface area contributed by atoms with Crippen LogP contribution in [0, 0.1) is 10.1 Å². The van der Waals surface area contributed by atoms with Crippen molar-refractivity contribution < 1.29 is 9.66 Å². The van der Waals surface area contributed by atoms with Crippen LogP contribution in [0.15, 0.2) is 54.6 Å². The van der Waals surface area contributed by atoms with Crippen LogP contribution >= 0.6 is 0 Å². The van der Waals surface area contributed by atoms with Gasteiger partial charge in [0.2, 0.25) is 0 Å². The normalized spacial score (nSPS) is 15.3. The second-order valence-corrected chi connectivity index (χ2v) is 6.21. The molecule has 0 amide bonds. The van der Waals surface area contributed by atoms with Crippen molar-refractivity contribution in [2.75, 3.05) is 44.7 Å². The molecule has 1 heterocycles. The van der Waals surface area contributed by atoms with Crippen LogP contribution in [0.4, 0.5) is 11.4 Å². The fourth-order valence-corrected chi connectivity index (χ4v) is 3.12. The number of piperazine rings is 1. The van der Waals surface area contributed by atoms with Crippen molar-refractivity contribution in [3.63, 3.8) is 0 Å². The summed E-state index contributed by atoms with van der Waals surface area (Å²) in [5.74, 6) is 0.873. The SMILES string of the molecule is COc1cccc(N2CCN(C/C=C/c3ccccc3[N+](=O)[O-])CC2)c1. The van der Waals surface area contributed by atoms with E-state index in [4.69, 9.17) is 4.74 Å². The van der Waals surface area contributed by atoms with E-state index < -0.39 is 0 Å². The molecule has 2 aromatic carbocycles. The van der Waals surface area contributed by atoms with E-state index in [1.54, 1.807) is 19.2 Å². The lowest BCUT2D eigenvalue weighted by Crippen LogP contribution is -2.46. The highest BCUT2D eigenvalue weighted by Gasteiger charge is 2.16. The number of para-hydroxylation sites is 1. The fraction of sp³-hybridized carbons (Fsp3) is 0.300. The van der Waals surface area contributed by atoms with Gasteiger partial charge in [-0.3, -0.25) is 15.0 Å². The van der Waals surface area contributed by atoms with Gasteiger partial charge >= 0.3 is 0 Å². The number of nitrogens with zero attached hydrogens (tertiary/aromatic N) is 3. The lowest BCUT2D eigenvalue weighted by atomic mass is 10.1. The van der Waals surface area contributed by atoms with E-state index in [-0.39, 0.29) is 10.6 Å². The maximum absolute atomic E-state index is 11.0. The molecule has 0 unspecified atom stereocenters. The largest absolute Gasteiger partial charge is 0.497 e. The Labute approximate surface area is 153 Å². The van der Waals surface area contributed by atoms with Gasteiger partial charge in [-0.15, -0.1) is 0 Å². The Bertz CT molecular complexity index is 783. The summed E-state index contributed by atoms with van der Waals surface area (Å²) in [6.07, 6.45) is 3.84. The molecule has 1 fully saturated rings. The molecule has 0 aromatic heterocycles. The topological polar surface area (TPSA) is 58.8 Å². The lowest BCUT2D eigenvalue weighted by molar-refractivity contribution is -0.385. The quantitative estimate of drug-likeness (QED) is 0.588. The predicted molar refractivity (Wildman–Crippen MR) is 104 cm³/mol. The van der Waals surface area contributed by atoms with Crippen molar-refractivity contribution in [2.24, 2.45) is 0 Å². The number of hydrogen-bond donors (Lipinski definition) is 0. The number of nitro groups is 1. The van der Waals surface area contributed by atoms with Crippen molar-refractivity contribution in [1.29, 1.82) is 0 Å². The summed E-state index contributed by atoms with van der Waals surface area (Å²) >= 11 is 0. The lowest BCUT2D eigenvalue weighted by Gasteiger charge is -2.35. The number of nitro benzene ring substituents is 1. The van der Waals surface area contributed by atoms with E-state index in [0.717, 1.165) is 38.5 Å². The molecule has 0 aliphatic carbocycles. The van der Waals surface area contributed by atoms with Crippen molar-refractivity contribution in [1.82, 2.24) is 4.90 Å². The summed E-state index contributed by atoms with van der Waals surface area (Å²) in [7, 11) is 1.68. The summed E-state index contributed by atoms with van der Waals surface area (Å²) in [5, 5.41) is 11.0. The molecule has 6 heteroatoms. The third-order valence-electron chi connectivity index (χ3n) is 4.59. The molecule has 0 spiro atoms. The van der Waals surface area contributed by atoms with Crippen LogP contribution in [0.5, 0.6) is 5.75 Å². The molecule has 0 atom stereocenters. The molecular formula is C20H23N3O3. The van der Waals surface area contributed by atoms with Gasteiger partial charge in [0.05, 0.1) is 17.6 Å². The number of rotatable bonds is 6. The molecule has 1 saturated heterocycles. The van der Waals surface area contributed by atoms with Gasteiger partial charge in [0.15, 0.2) is 0 Å². The fourth-order valence-electron chi connectivity index (χ4n) is 3.12. The van der Waals surface area contributed by atoms with Crippen molar-refractivity contribution in [3.8, 4) is 5.75 Å². The zero-order valence-electron chi connectivity index (χ0n) is 14.9. The van der Waals surface area contributed by atoms with Gasteiger partial charge in [-0.25, -0.2) is 0 Å². The van der Waals surface area contributed by atoms with Gasteiger partial charge in [0, 0.05) is 50.5 Å². The number of benzene rings is 2. The molecular weight excluding hydrogens is 330 g/mol. The van der Waals surface area contributed by atoms with Crippen molar-refractivity contribution in [2.45, 2.75) is 0 Å². The third-order valence-corrected chi connectivity index (χ3v) is 4.59. The van der Waals surface area contributed by atoms with E-state index in [1.165, 1.54) is 11.8 Å². The van der Waals surface area contributed by atoms with Crippen molar-refractivity contribution >= 4 is 17.5 Å². The average Bonchev–Trinajstić information content (AvgIpc) is 2.69. The Hall–Kier alpha value is -2.86. The Morgan fingerprint density at radius 1 is 1.12 bits per heavy atom. The Morgan fingerprint density at radius 2 is 1.88 bits per heavy atom. The van der Waals surface area contributed by atoms with Gasteiger partial charge in [-0.2, -0.15) is 0 Å². The first kappa shape index (κ1) is 17.9. The molecule has 2 aromatic rings. The second kappa shape index (κ2) is 8.49. The Balaban J connectivity index is 1.54. The summed E-state index contributed by atoms with van der Waals surface area (Å²) in [5.41, 5.74) is 1.97. The zero-order chi connectivity index (χ0) is 18.4. The summed E-state index contributed by atoms with van der Waals surface area (Å²) in [4.78, 5) is 15.4. The van der Waals surface area contributed by atoms with E-state index >= 15 is 0 Å². The number of hydrogen-bond acceptors (Lipinski definition) is 5. The minimum absolute atomic E-state index is 0.145. The van der Waals surface area contributed by atoms with Crippen LogP contribution in [0.1, 0.15) is 5.56 Å². The molecule has 1 aliphatic heterocycles. The molecule has 3 rings (SSSR count). The Morgan fingerprint density at radius 3 is 2.62 bits per heavy atom. The highest BCUT2D eigenvalue weighted by molar-refractivity contribution is 5.60. The molecule has 26 heavy (non-hydrogen) atoms. The first-order chi connectivity index (χ1) is 12.7. The minimum atomic E-state index is -0.341. The summed E-state index contributed by atoms with van der Waals surface area (Å²) in [6, 6.07) is 14.9. The third kappa shape index (κ3) is 4.40. The van der Waals surface area contributed by atoms with Crippen LogP contribution in [0.3, 0.4) is 0 Å². The molecule has 0 N–H and O–H groups in total. The van der Waals surface area contributed by atoms with Crippen LogP contribution in [-0.4, -0.2) is 49.7 Å². The molecule has 1 aliphatic rings. The molecule has 136 valence electrons. The smallest absolute Gasteiger partial charge is 0.276 e. The van der Waals surface area contributed by atoms with E-state index in [1.807, 2.05) is 30.4 Å². The number of ether oxygens (including phenoxy) is 1. The van der Waals surface area contributed by atoms with Gasteiger partial charge in [0.1, 0.15) is 5.75 Å². The maximum atomic E-state index is 11.0. The minimum Gasteiger partial charge on any atom is -0.497 e. The predicted octanol–water partition coefficient (Wildman–Crippen LogP) is 3.44. The number of methoxy groups -OCH3 is 1. The van der Waals surface area contributed by atoms with Gasteiger partial charge < -0.3 is 9.64 Å². The van der Waals surface area contributed by atoms with Gasteiger partial charge in [-0.1, -0.05) is 30.4 Å². The monoisotopic (exact) mass is 353 g/mol. The number of anilines is 1. The first-order valence-corrected chi connectivity index (χ1v) is 8.68. The van der Waals surface area contributed by atoms with E-state index in [9.17, 15) is 10.1 Å². The highest BCUT2D eigenvalue weighted by Crippen LogP contribution is 2.22. The van der Waals surface area contributed by atoms with Crippen LogP contribution in [0.25, 0.3) is 6.08 Å². The standard InChI is InChI=1S/C20H23N3O3/c1-26-19-9-4-8-18(16-19)22-14-12-21(13-15-22)11-5-7-17-6-2-3-10-20(17)23(24)25/h2-10,16H,11-15H2,1H3/b7-5+. The van der Waals surface area contributed by atoms with E-state index in [0.29, 0.717) is 5.56 Å². The average molecular weight is 353 g/mol. The van der Waals surface area contributed by atoms with Crippen molar-refractivity contribution in [3.05, 3.63) is 70.3 Å². The van der Waals surface area contributed by atoms with Crippen LogP contribution < -0.4 is 9.64 Å². The van der Waals surface area contributed by atoms with Crippen LogP contribution in [0.2, 0.25) is 0 Å². The second-order valence-electron chi connectivity index (χ2n) is 6.21.